The van der Waals surface area contributed by atoms with Crippen molar-refractivity contribution in [3.63, 3.8) is 0 Å². The summed E-state index contributed by atoms with van der Waals surface area (Å²) >= 11 is 0. The minimum absolute atomic E-state index is 1.21. The summed E-state index contributed by atoms with van der Waals surface area (Å²) in [4.78, 5) is 31.7. The summed E-state index contributed by atoms with van der Waals surface area (Å²) in [5, 5.41) is 0. The van der Waals surface area contributed by atoms with Crippen LogP contribution in [0.3, 0.4) is 0 Å². The molecule has 2 unspecified atom stereocenters. The third-order valence-electron chi connectivity index (χ3n) is 3.25. The van der Waals surface area contributed by atoms with Gasteiger partial charge in [0.2, 0.25) is 0 Å². The van der Waals surface area contributed by atoms with Gasteiger partial charge in [-0.3, -0.25) is 0 Å². The molecule has 0 aliphatic carbocycles. The minimum Gasteiger partial charge on any atom is -0.391 e. The Morgan fingerprint density at radius 1 is 0.538 bits per heavy atom. The van der Waals surface area contributed by atoms with Crippen LogP contribution in [0, 0.1) is 0 Å². The normalized spacial score (nSPS) is 53.3. The molecule has 13 nitrogen and oxygen atoms in total. The van der Waals surface area contributed by atoms with Gasteiger partial charge in [0, 0.05) is 47.5 Å². The van der Waals surface area contributed by atoms with E-state index in [2.05, 4.69) is 0 Å². The Kier molecular flexibility index (Phi) is 6.42. The van der Waals surface area contributed by atoms with Gasteiger partial charge in [0.15, 0.2) is 0 Å². The summed E-state index contributed by atoms with van der Waals surface area (Å²) in [5.41, 5.74) is 0. The molecule has 3 N–H and O–H groups in total. The van der Waals surface area contributed by atoms with E-state index in [-0.39, 0.29) is 0 Å². The van der Waals surface area contributed by atoms with E-state index in [9.17, 15) is 14.4 Å². The molecule has 0 aromatic heterocycles. The van der Waals surface area contributed by atoms with Crippen LogP contribution in [0.2, 0.25) is 26.2 Å². The van der Waals surface area contributed by atoms with Crippen molar-refractivity contribution in [2.75, 3.05) is 21.3 Å². The maximum absolute atomic E-state index is 10.8. The second-order valence-electron chi connectivity index (χ2n) is 5.87. The number of fused-ring (bicyclic) bond motifs is 2. The van der Waals surface area contributed by atoms with Crippen molar-refractivity contribution in [3.05, 3.63) is 0 Å². The smallest absolute Gasteiger partial charge is 0.391 e. The van der Waals surface area contributed by atoms with Crippen molar-refractivity contribution in [3.8, 4) is 0 Å². The Hall–Kier alpha value is 0.781. The molecule has 2 bridgehead atoms. The third-order valence-corrected chi connectivity index (χ3v) is 23.3. The lowest BCUT2D eigenvalue weighted by Crippen LogP contribution is -2.78. The molecule has 0 aromatic carbocycles. The lowest BCUT2D eigenvalue weighted by molar-refractivity contribution is -0.0371. The van der Waals surface area contributed by atoms with Gasteiger partial charge in [-0.1, -0.05) is 0 Å². The van der Waals surface area contributed by atoms with Gasteiger partial charge in [-0.15, -0.1) is 0 Å². The van der Waals surface area contributed by atoms with Gasteiger partial charge < -0.3 is 56.5 Å². The van der Waals surface area contributed by atoms with Gasteiger partial charge >= 0.3 is 53.3 Å². The molecular formula is C7H24O13Si6. The maximum atomic E-state index is 10.8. The van der Waals surface area contributed by atoms with E-state index in [1.807, 2.05) is 0 Å². The fraction of sp³-hybridized carbons (Fsp3) is 1.00. The Balaban J connectivity index is 2.57. The fourth-order valence-corrected chi connectivity index (χ4v) is 24.3. The molecule has 0 radical (unpaired) electrons. The van der Waals surface area contributed by atoms with Crippen molar-refractivity contribution in [1.29, 1.82) is 0 Å². The van der Waals surface area contributed by atoms with Crippen LogP contribution in [0.1, 0.15) is 0 Å². The van der Waals surface area contributed by atoms with Crippen molar-refractivity contribution in [2.24, 2.45) is 0 Å². The monoisotopic (exact) mass is 484 g/mol. The van der Waals surface area contributed by atoms with E-state index in [1.54, 1.807) is 0 Å². The maximum Gasteiger partial charge on any atom is 0.658 e. The van der Waals surface area contributed by atoms with E-state index < -0.39 is 53.3 Å². The number of hydrogen-bond acceptors (Lipinski definition) is 13. The van der Waals surface area contributed by atoms with Crippen LogP contribution in [0.15, 0.2) is 0 Å². The molecule has 0 spiro atoms. The summed E-state index contributed by atoms with van der Waals surface area (Å²) in [6.45, 7) is 5.34. The highest BCUT2D eigenvalue weighted by molar-refractivity contribution is 6.91. The lowest BCUT2D eigenvalue weighted by Gasteiger charge is -2.47. The molecule has 0 saturated carbocycles. The molecule has 154 valence electrons. The molecule has 6 atom stereocenters. The SMILES string of the molecule is CO[Si]12O[Si](O)(O[Si@](C)(O)O[Si@](C)(OC)O1)O[Si@@](C)(O)O[Si@@](C)(OC)O2. The van der Waals surface area contributed by atoms with Crippen LogP contribution in [-0.2, 0) is 42.1 Å². The fourth-order valence-electron chi connectivity index (χ4n) is 2.28. The molecule has 2 heterocycles. The number of hydrogen-bond donors (Lipinski definition) is 3. The van der Waals surface area contributed by atoms with Crippen LogP contribution in [0.25, 0.3) is 0 Å². The molecule has 2 saturated heterocycles. The standard InChI is InChI=1S/C7H24O13Si6/c1-11-23(6)14-21(4,8)16-25(10)17-22(5,9)15-24(7,12-2)19-26(13-3,18-23)20-25/h8-10H,1-7H3/t21-,22+,23+,24-,25?,26?. The highest BCUT2D eigenvalue weighted by atomic mass is 28.6. The topological polar surface area (TPSA) is 153 Å². The molecule has 26 heavy (non-hydrogen) atoms. The average molecular weight is 485 g/mol. The zero-order chi connectivity index (χ0) is 20.1. The largest absolute Gasteiger partial charge is 0.658 e. The van der Waals surface area contributed by atoms with Gasteiger partial charge in [-0.2, -0.15) is 0 Å². The van der Waals surface area contributed by atoms with Gasteiger partial charge in [-0.05, 0) is 0 Å². The summed E-state index contributed by atoms with van der Waals surface area (Å²) in [5.74, 6) is 0. The first-order valence-electron chi connectivity index (χ1n) is 7.37. The predicted octanol–water partition coefficient (Wildman–Crippen LogP) is -1.81. The summed E-state index contributed by atoms with van der Waals surface area (Å²) < 4.78 is 54.7. The van der Waals surface area contributed by atoms with Crippen molar-refractivity contribution in [1.82, 2.24) is 0 Å². The first-order chi connectivity index (χ1) is 11.6. The molecule has 2 rings (SSSR count). The second-order valence-corrected chi connectivity index (χ2v) is 21.9. The van der Waals surface area contributed by atoms with Crippen LogP contribution in [-0.4, -0.2) is 89.0 Å². The van der Waals surface area contributed by atoms with E-state index in [0.717, 1.165) is 0 Å². The van der Waals surface area contributed by atoms with Crippen LogP contribution >= 0.6 is 0 Å². The van der Waals surface area contributed by atoms with Crippen LogP contribution < -0.4 is 0 Å². The Bertz CT molecular complexity index is 499. The molecule has 0 amide bonds. The van der Waals surface area contributed by atoms with Crippen LogP contribution in [0.5, 0.6) is 0 Å². The minimum atomic E-state index is -4.77. The molecule has 2 aliphatic heterocycles. The molecule has 2 fully saturated rings. The summed E-state index contributed by atoms with van der Waals surface area (Å²) in [6.07, 6.45) is 0. The van der Waals surface area contributed by atoms with Crippen molar-refractivity contribution >= 4 is 53.3 Å². The van der Waals surface area contributed by atoms with Crippen molar-refractivity contribution in [2.45, 2.75) is 26.2 Å². The van der Waals surface area contributed by atoms with Gasteiger partial charge in [0.25, 0.3) is 0 Å². The summed E-state index contributed by atoms with van der Waals surface area (Å²) in [6, 6.07) is 0. The van der Waals surface area contributed by atoms with Gasteiger partial charge in [0.05, 0.1) is 0 Å². The van der Waals surface area contributed by atoms with E-state index >= 15 is 0 Å². The Labute approximate surface area is 157 Å². The zero-order valence-corrected chi connectivity index (χ0v) is 21.4. The first-order valence-corrected chi connectivity index (χ1v) is 19.6. The molecular weight excluding hydrogens is 461 g/mol. The zero-order valence-electron chi connectivity index (χ0n) is 15.4. The Morgan fingerprint density at radius 3 is 1.23 bits per heavy atom. The quantitative estimate of drug-likeness (QED) is 0.386. The second kappa shape index (κ2) is 7.23. The predicted molar refractivity (Wildman–Crippen MR) is 93.3 cm³/mol. The first kappa shape index (κ1) is 23.1. The molecule has 19 heteroatoms. The molecule has 2 aliphatic rings. The molecule has 0 aromatic rings. The third kappa shape index (κ3) is 5.23. The van der Waals surface area contributed by atoms with Gasteiger partial charge in [0.1, 0.15) is 0 Å². The highest BCUT2D eigenvalue weighted by Crippen LogP contribution is 2.36. The highest BCUT2D eigenvalue weighted by Gasteiger charge is 2.73. The van der Waals surface area contributed by atoms with E-state index in [4.69, 9.17) is 42.1 Å². The van der Waals surface area contributed by atoms with Crippen molar-refractivity contribution < 1.29 is 56.5 Å². The summed E-state index contributed by atoms with van der Waals surface area (Å²) in [7, 11) is -20.5. The van der Waals surface area contributed by atoms with Gasteiger partial charge in [-0.25, -0.2) is 0 Å². The van der Waals surface area contributed by atoms with E-state index in [1.165, 1.54) is 47.5 Å². The number of rotatable bonds is 3. The Morgan fingerprint density at radius 2 is 0.923 bits per heavy atom. The average Bonchev–Trinajstić information content (AvgIpc) is 2.41. The van der Waals surface area contributed by atoms with Crippen LogP contribution in [0.4, 0.5) is 0 Å². The lowest BCUT2D eigenvalue weighted by atomic mass is 11.8. The van der Waals surface area contributed by atoms with E-state index in [0.29, 0.717) is 0 Å².